The Morgan fingerprint density at radius 3 is 2.75 bits per heavy atom. The number of halogens is 1. The SMILES string of the molecule is CCCOc1ccc(C(=O)OCc2cc(=O)n3cc(Br)ccc3n2)cc1OC. The van der Waals surface area contributed by atoms with Crippen LogP contribution in [0, 0.1) is 0 Å². The molecule has 1 aromatic carbocycles. The molecule has 0 aliphatic rings. The first-order valence-electron chi connectivity index (χ1n) is 8.67. The lowest BCUT2D eigenvalue weighted by Crippen LogP contribution is -2.16. The summed E-state index contributed by atoms with van der Waals surface area (Å²) >= 11 is 3.32. The first-order chi connectivity index (χ1) is 13.5. The zero-order valence-electron chi connectivity index (χ0n) is 15.5. The lowest BCUT2D eigenvalue weighted by atomic mass is 10.2. The van der Waals surface area contributed by atoms with Crippen LogP contribution in [-0.4, -0.2) is 29.1 Å². The van der Waals surface area contributed by atoms with Crippen LogP contribution < -0.4 is 15.0 Å². The predicted molar refractivity (Wildman–Crippen MR) is 107 cm³/mol. The molecule has 28 heavy (non-hydrogen) atoms. The fraction of sp³-hybridized carbons (Fsp3) is 0.250. The van der Waals surface area contributed by atoms with Crippen molar-refractivity contribution in [1.82, 2.24) is 9.38 Å². The Labute approximate surface area is 170 Å². The summed E-state index contributed by atoms with van der Waals surface area (Å²) in [6.45, 7) is 2.45. The summed E-state index contributed by atoms with van der Waals surface area (Å²) in [6, 6.07) is 9.67. The minimum absolute atomic E-state index is 0.114. The van der Waals surface area contributed by atoms with Gasteiger partial charge in [-0.05, 0) is 52.7 Å². The van der Waals surface area contributed by atoms with Crippen molar-refractivity contribution in [3.05, 3.63) is 68.7 Å². The van der Waals surface area contributed by atoms with Gasteiger partial charge in [0.15, 0.2) is 11.5 Å². The zero-order chi connectivity index (χ0) is 20.1. The van der Waals surface area contributed by atoms with E-state index in [0.717, 1.165) is 10.9 Å². The highest BCUT2D eigenvalue weighted by atomic mass is 79.9. The van der Waals surface area contributed by atoms with Gasteiger partial charge in [-0.2, -0.15) is 0 Å². The molecule has 3 rings (SSSR count). The van der Waals surface area contributed by atoms with E-state index in [0.29, 0.717) is 35.0 Å². The van der Waals surface area contributed by atoms with Crippen LogP contribution in [0.1, 0.15) is 29.4 Å². The number of rotatable bonds is 7. The van der Waals surface area contributed by atoms with Gasteiger partial charge in [-0.1, -0.05) is 6.92 Å². The number of hydrogen-bond acceptors (Lipinski definition) is 6. The molecule has 0 fully saturated rings. The summed E-state index contributed by atoms with van der Waals surface area (Å²) < 4.78 is 18.3. The molecule has 0 aliphatic carbocycles. The number of hydrogen-bond donors (Lipinski definition) is 0. The van der Waals surface area contributed by atoms with Crippen molar-refractivity contribution < 1.29 is 19.0 Å². The quantitative estimate of drug-likeness (QED) is 0.515. The fourth-order valence-corrected chi connectivity index (χ4v) is 2.89. The van der Waals surface area contributed by atoms with E-state index >= 15 is 0 Å². The molecular weight excluding hydrogens is 428 g/mol. The van der Waals surface area contributed by atoms with Crippen LogP contribution in [0.5, 0.6) is 11.5 Å². The Bertz CT molecular complexity index is 1060. The smallest absolute Gasteiger partial charge is 0.338 e. The van der Waals surface area contributed by atoms with Gasteiger partial charge in [-0.25, -0.2) is 9.78 Å². The van der Waals surface area contributed by atoms with Crippen LogP contribution in [0.2, 0.25) is 0 Å². The fourth-order valence-electron chi connectivity index (χ4n) is 2.55. The van der Waals surface area contributed by atoms with Gasteiger partial charge in [-0.3, -0.25) is 9.20 Å². The highest BCUT2D eigenvalue weighted by Crippen LogP contribution is 2.28. The number of benzene rings is 1. The summed E-state index contributed by atoms with van der Waals surface area (Å²) in [5.74, 6) is 0.477. The second kappa shape index (κ2) is 8.88. The van der Waals surface area contributed by atoms with E-state index in [-0.39, 0.29) is 12.2 Å². The summed E-state index contributed by atoms with van der Waals surface area (Å²) in [5, 5.41) is 0. The average Bonchev–Trinajstić information content (AvgIpc) is 2.70. The molecule has 8 heteroatoms. The molecule has 0 radical (unpaired) electrons. The van der Waals surface area contributed by atoms with Crippen molar-refractivity contribution in [2.45, 2.75) is 20.0 Å². The lowest BCUT2D eigenvalue weighted by Gasteiger charge is -2.11. The van der Waals surface area contributed by atoms with E-state index in [1.807, 2.05) is 6.92 Å². The number of esters is 1. The van der Waals surface area contributed by atoms with E-state index < -0.39 is 5.97 Å². The van der Waals surface area contributed by atoms with E-state index in [2.05, 4.69) is 20.9 Å². The van der Waals surface area contributed by atoms with Gasteiger partial charge in [-0.15, -0.1) is 0 Å². The molecular formula is C20H19BrN2O5. The normalized spacial score (nSPS) is 10.7. The topological polar surface area (TPSA) is 79.1 Å². The first-order valence-corrected chi connectivity index (χ1v) is 9.47. The number of pyridine rings is 1. The van der Waals surface area contributed by atoms with Gasteiger partial charge in [0.05, 0.1) is 25.0 Å². The van der Waals surface area contributed by atoms with Crippen molar-refractivity contribution in [2.24, 2.45) is 0 Å². The zero-order valence-corrected chi connectivity index (χ0v) is 17.1. The molecule has 0 saturated heterocycles. The average molecular weight is 447 g/mol. The van der Waals surface area contributed by atoms with Gasteiger partial charge in [0, 0.05) is 16.7 Å². The number of carbonyl (C=O) groups is 1. The Hall–Kier alpha value is -2.87. The van der Waals surface area contributed by atoms with Gasteiger partial charge in [0.1, 0.15) is 12.3 Å². The monoisotopic (exact) mass is 446 g/mol. The highest BCUT2D eigenvalue weighted by molar-refractivity contribution is 9.10. The standard InChI is InChI=1S/C20H19BrN2O5/c1-3-8-27-16-6-4-13(9-17(16)26-2)20(25)28-12-15-10-19(24)23-11-14(21)5-7-18(23)22-15/h4-7,9-11H,3,8,12H2,1-2H3. The summed E-state index contributed by atoms with van der Waals surface area (Å²) in [6.07, 6.45) is 2.50. The van der Waals surface area contributed by atoms with Crippen LogP contribution in [0.25, 0.3) is 5.65 Å². The van der Waals surface area contributed by atoms with Crippen molar-refractivity contribution in [1.29, 1.82) is 0 Å². The molecule has 3 aromatic rings. The maximum absolute atomic E-state index is 12.4. The third-order valence-electron chi connectivity index (χ3n) is 3.89. The predicted octanol–water partition coefficient (Wildman–Crippen LogP) is 3.61. The molecule has 0 amide bonds. The Morgan fingerprint density at radius 1 is 1.18 bits per heavy atom. The molecule has 0 N–H and O–H groups in total. The van der Waals surface area contributed by atoms with E-state index in [4.69, 9.17) is 14.2 Å². The molecule has 0 saturated carbocycles. The van der Waals surface area contributed by atoms with Crippen LogP contribution >= 0.6 is 15.9 Å². The van der Waals surface area contributed by atoms with Gasteiger partial charge >= 0.3 is 5.97 Å². The third kappa shape index (κ3) is 4.51. The van der Waals surface area contributed by atoms with Crippen molar-refractivity contribution in [3.63, 3.8) is 0 Å². The maximum atomic E-state index is 12.4. The maximum Gasteiger partial charge on any atom is 0.338 e. The Balaban J connectivity index is 1.74. The Morgan fingerprint density at radius 2 is 2.00 bits per heavy atom. The number of aromatic nitrogens is 2. The second-order valence-corrected chi connectivity index (χ2v) is 6.87. The third-order valence-corrected chi connectivity index (χ3v) is 4.36. The number of nitrogens with zero attached hydrogens (tertiary/aromatic N) is 2. The van der Waals surface area contributed by atoms with Crippen molar-refractivity contribution in [3.8, 4) is 11.5 Å². The minimum Gasteiger partial charge on any atom is -0.493 e. The Kier molecular flexibility index (Phi) is 6.30. The molecule has 2 heterocycles. The molecule has 0 aliphatic heterocycles. The summed E-state index contributed by atoms with van der Waals surface area (Å²) in [4.78, 5) is 28.9. The number of methoxy groups -OCH3 is 1. The summed E-state index contributed by atoms with van der Waals surface area (Å²) in [7, 11) is 1.51. The number of carbonyl (C=O) groups excluding carboxylic acids is 1. The second-order valence-electron chi connectivity index (χ2n) is 5.95. The summed E-state index contributed by atoms with van der Waals surface area (Å²) in [5.41, 5.74) is 0.912. The van der Waals surface area contributed by atoms with Crippen molar-refractivity contribution >= 4 is 27.5 Å². The van der Waals surface area contributed by atoms with Gasteiger partial charge in [0.25, 0.3) is 5.56 Å². The largest absolute Gasteiger partial charge is 0.493 e. The molecule has 2 aromatic heterocycles. The van der Waals surface area contributed by atoms with Crippen molar-refractivity contribution in [2.75, 3.05) is 13.7 Å². The molecule has 0 atom stereocenters. The lowest BCUT2D eigenvalue weighted by molar-refractivity contribution is 0.0467. The molecule has 146 valence electrons. The number of ether oxygens (including phenoxy) is 3. The first kappa shape index (κ1) is 19.9. The van der Waals surface area contributed by atoms with Gasteiger partial charge < -0.3 is 14.2 Å². The molecule has 0 spiro atoms. The minimum atomic E-state index is -0.543. The van der Waals surface area contributed by atoms with E-state index in [1.54, 1.807) is 36.5 Å². The van der Waals surface area contributed by atoms with Gasteiger partial charge in [0.2, 0.25) is 0 Å². The van der Waals surface area contributed by atoms with Crippen LogP contribution in [0.3, 0.4) is 0 Å². The highest BCUT2D eigenvalue weighted by Gasteiger charge is 2.13. The van der Waals surface area contributed by atoms with E-state index in [1.165, 1.54) is 17.6 Å². The molecule has 0 bridgehead atoms. The van der Waals surface area contributed by atoms with Crippen LogP contribution in [0.4, 0.5) is 0 Å². The number of fused-ring (bicyclic) bond motifs is 1. The molecule has 0 unspecified atom stereocenters. The van der Waals surface area contributed by atoms with Crippen LogP contribution in [0.15, 0.2) is 51.9 Å². The molecule has 7 nitrogen and oxygen atoms in total. The van der Waals surface area contributed by atoms with E-state index in [9.17, 15) is 9.59 Å². The van der Waals surface area contributed by atoms with Crippen LogP contribution in [-0.2, 0) is 11.3 Å².